The van der Waals surface area contributed by atoms with Crippen molar-refractivity contribution in [1.82, 2.24) is 9.97 Å². The zero-order valence-electron chi connectivity index (χ0n) is 14.8. The van der Waals surface area contributed by atoms with Crippen LogP contribution in [0, 0.1) is 11.6 Å². The molecule has 0 unspecified atom stereocenters. The lowest BCUT2D eigenvalue weighted by Gasteiger charge is -2.06. The molecule has 0 amide bonds. The van der Waals surface area contributed by atoms with Crippen molar-refractivity contribution >= 4 is 43.6 Å². The number of benzene rings is 3. The minimum Gasteiger partial charge on any atom is -0.385 e. The third kappa shape index (κ3) is 2.50. The highest BCUT2D eigenvalue weighted by molar-refractivity contribution is 6.19. The van der Waals surface area contributed by atoms with E-state index < -0.39 is 0 Å². The standard InChI is InChI=1S/C22H18F2N2O/c1-27-8-2-3-14-21-17(15-9-12(23)4-6-19(15)25-21)11-18-16-10-13(24)5-7-20(16)26-22(14)18/h4-7,9-11,25-26H,2-3,8H2,1H3. The first-order valence-corrected chi connectivity index (χ1v) is 8.98. The molecular weight excluding hydrogens is 346 g/mol. The Labute approximate surface area is 153 Å². The molecule has 0 aliphatic heterocycles. The van der Waals surface area contributed by atoms with E-state index in [-0.39, 0.29) is 11.6 Å². The van der Waals surface area contributed by atoms with Gasteiger partial charge in [-0.05, 0) is 55.3 Å². The van der Waals surface area contributed by atoms with Crippen molar-refractivity contribution in [2.24, 2.45) is 0 Å². The number of rotatable bonds is 4. The van der Waals surface area contributed by atoms with Gasteiger partial charge in [0.05, 0.1) is 11.0 Å². The van der Waals surface area contributed by atoms with Gasteiger partial charge in [0, 0.05) is 51.9 Å². The molecule has 3 nitrogen and oxygen atoms in total. The van der Waals surface area contributed by atoms with E-state index in [0.29, 0.717) is 6.61 Å². The smallest absolute Gasteiger partial charge is 0.123 e. The van der Waals surface area contributed by atoms with E-state index in [2.05, 4.69) is 9.97 Å². The van der Waals surface area contributed by atoms with Gasteiger partial charge in [0.15, 0.2) is 0 Å². The summed E-state index contributed by atoms with van der Waals surface area (Å²) >= 11 is 0. The van der Waals surface area contributed by atoms with Crippen LogP contribution in [0.15, 0.2) is 42.5 Å². The molecular formula is C22H18F2N2O. The average Bonchev–Trinajstić information content (AvgIpc) is 3.19. The molecule has 2 heterocycles. The summed E-state index contributed by atoms with van der Waals surface area (Å²) in [5.41, 5.74) is 4.88. The van der Waals surface area contributed by atoms with Crippen LogP contribution in [-0.4, -0.2) is 23.7 Å². The molecule has 0 spiro atoms. The monoisotopic (exact) mass is 364 g/mol. The molecule has 5 heteroatoms. The summed E-state index contributed by atoms with van der Waals surface area (Å²) in [5, 5.41) is 3.58. The number of aromatic nitrogens is 2. The van der Waals surface area contributed by atoms with Crippen LogP contribution in [0.4, 0.5) is 8.78 Å². The highest BCUT2D eigenvalue weighted by Crippen LogP contribution is 2.37. The quantitative estimate of drug-likeness (QED) is 0.388. The van der Waals surface area contributed by atoms with Crippen molar-refractivity contribution in [1.29, 1.82) is 0 Å². The summed E-state index contributed by atoms with van der Waals surface area (Å²) in [6.07, 6.45) is 1.66. The van der Waals surface area contributed by atoms with Gasteiger partial charge in [0.25, 0.3) is 0 Å². The molecule has 0 bridgehead atoms. The number of hydrogen-bond acceptors (Lipinski definition) is 1. The fourth-order valence-corrected chi connectivity index (χ4v) is 4.06. The maximum atomic E-state index is 13.9. The van der Waals surface area contributed by atoms with Gasteiger partial charge >= 0.3 is 0 Å². The molecule has 0 atom stereocenters. The summed E-state index contributed by atoms with van der Waals surface area (Å²) in [4.78, 5) is 6.89. The maximum absolute atomic E-state index is 13.9. The van der Waals surface area contributed by atoms with Crippen LogP contribution >= 0.6 is 0 Å². The first-order chi connectivity index (χ1) is 13.2. The van der Waals surface area contributed by atoms with Crippen LogP contribution < -0.4 is 0 Å². The van der Waals surface area contributed by atoms with Gasteiger partial charge < -0.3 is 14.7 Å². The molecule has 136 valence electrons. The molecule has 27 heavy (non-hydrogen) atoms. The van der Waals surface area contributed by atoms with Crippen LogP contribution in [0.2, 0.25) is 0 Å². The van der Waals surface area contributed by atoms with Gasteiger partial charge in [0.2, 0.25) is 0 Å². The van der Waals surface area contributed by atoms with Crippen molar-refractivity contribution in [2.75, 3.05) is 13.7 Å². The number of hydrogen-bond donors (Lipinski definition) is 2. The van der Waals surface area contributed by atoms with E-state index in [4.69, 9.17) is 4.74 Å². The first kappa shape index (κ1) is 16.3. The number of methoxy groups -OCH3 is 1. The predicted octanol–water partition coefficient (Wildman–Crippen LogP) is 5.81. The largest absolute Gasteiger partial charge is 0.385 e. The molecule has 2 N–H and O–H groups in total. The third-order valence-corrected chi connectivity index (χ3v) is 5.27. The second kappa shape index (κ2) is 6.06. The molecule has 5 rings (SSSR count). The highest BCUT2D eigenvalue weighted by atomic mass is 19.1. The molecule has 0 radical (unpaired) electrons. The Bertz CT molecular complexity index is 1220. The predicted molar refractivity (Wildman–Crippen MR) is 105 cm³/mol. The zero-order valence-corrected chi connectivity index (χ0v) is 14.8. The topological polar surface area (TPSA) is 40.8 Å². The normalized spacial score (nSPS) is 12.1. The van der Waals surface area contributed by atoms with E-state index in [1.54, 1.807) is 31.4 Å². The summed E-state index contributed by atoms with van der Waals surface area (Å²) < 4.78 is 32.9. The Kier molecular flexibility index (Phi) is 3.65. The average molecular weight is 364 g/mol. The maximum Gasteiger partial charge on any atom is 0.123 e. The van der Waals surface area contributed by atoms with E-state index >= 15 is 0 Å². The summed E-state index contributed by atoms with van der Waals surface area (Å²) in [5.74, 6) is -0.538. The fourth-order valence-electron chi connectivity index (χ4n) is 4.06. The number of fused-ring (bicyclic) bond motifs is 6. The van der Waals surface area contributed by atoms with Gasteiger partial charge in [0.1, 0.15) is 11.6 Å². The minimum atomic E-state index is -0.269. The van der Waals surface area contributed by atoms with Crippen molar-refractivity contribution in [3.8, 4) is 0 Å². The lowest BCUT2D eigenvalue weighted by molar-refractivity contribution is 0.195. The molecule has 3 aromatic carbocycles. The number of aryl methyl sites for hydroxylation is 1. The second-order valence-electron chi connectivity index (χ2n) is 6.93. The molecule has 0 aliphatic rings. The molecule has 5 aromatic rings. The fraction of sp³-hybridized carbons (Fsp3) is 0.182. The number of halogens is 2. The van der Waals surface area contributed by atoms with Gasteiger partial charge in [-0.3, -0.25) is 0 Å². The summed E-state index contributed by atoms with van der Waals surface area (Å²) in [6, 6.07) is 11.6. The Hall–Kier alpha value is -2.92. The van der Waals surface area contributed by atoms with Crippen LogP contribution in [0.1, 0.15) is 12.0 Å². The summed E-state index contributed by atoms with van der Waals surface area (Å²) in [6.45, 7) is 0.654. The van der Waals surface area contributed by atoms with Crippen LogP contribution in [0.5, 0.6) is 0 Å². The Morgan fingerprint density at radius 1 is 0.778 bits per heavy atom. The van der Waals surface area contributed by atoms with Crippen molar-refractivity contribution in [3.63, 3.8) is 0 Å². The van der Waals surface area contributed by atoms with Crippen molar-refractivity contribution in [3.05, 3.63) is 59.7 Å². The highest BCUT2D eigenvalue weighted by Gasteiger charge is 2.16. The van der Waals surface area contributed by atoms with Crippen molar-refractivity contribution < 1.29 is 13.5 Å². The van der Waals surface area contributed by atoms with Gasteiger partial charge in [-0.25, -0.2) is 8.78 Å². The Morgan fingerprint density at radius 2 is 1.33 bits per heavy atom. The molecule has 0 saturated heterocycles. The number of ether oxygens (including phenoxy) is 1. The second-order valence-corrected chi connectivity index (χ2v) is 6.93. The van der Waals surface area contributed by atoms with Gasteiger partial charge in [-0.15, -0.1) is 0 Å². The SMILES string of the molecule is COCCCc1c2[nH]c3ccc(F)cc3c2cc2c1[nH]c1ccc(F)cc12. The number of H-pyrrole nitrogens is 2. The van der Waals surface area contributed by atoms with Crippen LogP contribution in [0.25, 0.3) is 43.6 Å². The minimum absolute atomic E-state index is 0.269. The third-order valence-electron chi connectivity index (χ3n) is 5.27. The van der Waals surface area contributed by atoms with Crippen LogP contribution in [0.3, 0.4) is 0 Å². The van der Waals surface area contributed by atoms with E-state index in [1.807, 2.05) is 6.07 Å². The van der Waals surface area contributed by atoms with Gasteiger partial charge in [-0.2, -0.15) is 0 Å². The number of aromatic amines is 2. The molecule has 0 saturated carbocycles. The van der Waals surface area contributed by atoms with E-state index in [0.717, 1.165) is 62.0 Å². The molecule has 0 fully saturated rings. The van der Waals surface area contributed by atoms with Gasteiger partial charge in [-0.1, -0.05) is 0 Å². The molecule has 2 aromatic heterocycles. The lowest BCUT2D eigenvalue weighted by Crippen LogP contribution is -1.95. The lowest BCUT2D eigenvalue weighted by atomic mass is 10.0. The van der Waals surface area contributed by atoms with E-state index in [9.17, 15) is 8.78 Å². The van der Waals surface area contributed by atoms with Crippen molar-refractivity contribution in [2.45, 2.75) is 12.8 Å². The van der Waals surface area contributed by atoms with Crippen LogP contribution in [-0.2, 0) is 11.2 Å². The van der Waals surface area contributed by atoms with E-state index in [1.165, 1.54) is 12.1 Å². The zero-order chi connectivity index (χ0) is 18.5. The Morgan fingerprint density at radius 3 is 1.85 bits per heavy atom. The first-order valence-electron chi connectivity index (χ1n) is 8.98. The molecule has 0 aliphatic carbocycles. The Balaban J connectivity index is 1.91. The number of nitrogens with one attached hydrogen (secondary N) is 2. The summed E-state index contributed by atoms with van der Waals surface area (Å²) in [7, 11) is 1.69.